The lowest BCUT2D eigenvalue weighted by Crippen LogP contribution is -2.33. The number of aromatic nitrogens is 1. The quantitative estimate of drug-likeness (QED) is 0.867. The molecule has 2 aromatic rings. The third kappa shape index (κ3) is 3.31. The molecule has 1 heterocycles. The number of thiol groups is 1. The van der Waals surface area contributed by atoms with Crippen LogP contribution in [0.15, 0.2) is 23.0 Å². The number of thiazole rings is 1. The first-order valence-electron chi connectivity index (χ1n) is 5.09. The number of rotatable bonds is 3. The molecular formula is C10H5F3N2O4S2. The fraction of sp³-hybridized carbons (Fsp3) is 0. The van der Waals surface area contributed by atoms with Crippen LogP contribution in [0, 0.1) is 17.5 Å². The van der Waals surface area contributed by atoms with Gasteiger partial charge in [0.2, 0.25) is 16.8 Å². The van der Waals surface area contributed by atoms with Gasteiger partial charge in [-0.3, -0.25) is 0 Å². The topological polar surface area (TPSA) is 76.6 Å². The molecule has 6 nitrogen and oxygen atoms in total. The summed E-state index contributed by atoms with van der Waals surface area (Å²) < 4.78 is 66.3. The summed E-state index contributed by atoms with van der Waals surface area (Å²) in [6.07, 6.45) is -1.60. The number of halogens is 3. The monoisotopic (exact) mass is 338 g/mol. The Kier molecular flexibility index (Phi) is 4.43. The third-order valence-corrected chi connectivity index (χ3v) is 3.39. The summed E-state index contributed by atoms with van der Waals surface area (Å²) >= 11 is 1.05. The largest absolute Gasteiger partial charge is 0.435 e. The van der Waals surface area contributed by atoms with Crippen LogP contribution >= 0.6 is 11.3 Å². The fourth-order valence-electron chi connectivity index (χ4n) is 1.36. The number of hydrogen-bond acceptors (Lipinski definition) is 6. The van der Waals surface area contributed by atoms with E-state index in [-0.39, 0.29) is 22.3 Å². The molecular weight excluding hydrogens is 333 g/mol. The maximum Gasteiger partial charge on any atom is 0.435 e. The summed E-state index contributed by atoms with van der Waals surface area (Å²) in [5.41, 5.74) is 0.0381. The predicted molar refractivity (Wildman–Crippen MR) is 67.2 cm³/mol. The predicted octanol–water partition coefficient (Wildman–Crippen LogP) is 2.09. The molecule has 21 heavy (non-hydrogen) atoms. The number of ether oxygens (including phenoxy) is 1. The van der Waals surface area contributed by atoms with Gasteiger partial charge in [0, 0.05) is 12.1 Å². The van der Waals surface area contributed by atoms with Gasteiger partial charge < -0.3 is 4.74 Å². The van der Waals surface area contributed by atoms with Crippen LogP contribution in [0.1, 0.15) is 0 Å². The van der Waals surface area contributed by atoms with Crippen LogP contribution in [0.25, 0.3) is 0 Å². The molecule has 0 saturated heterocycles. The van der Waals surface area contributed by atoms with E-state index in [1.165, 1.54) is 10.9 Å². The molecule has 0 spiro atoms. The first-order chi connectivity index (χ1) is 9.90. The highest BCUT2D eigenvalue weighted by Crippen LogP contribution is 2.26. The first-order valence-corrected chi connectivity index (χ1v) is 7.16. The van der Waals surface area contributed by atoms with Crippen molar-refractivity contribution in [3.05, 3.63) is 40.5 Å². The number of benzene rings is 1. The zero-order valence-corrected chi connectivity index (χ0v) is 11.5. The molecule has 0 fully saturated rings. The van der Waals surface area contributed by atoms with Crippen LogP contribution < -0.4 is 9.04 Å². The summed E-state index contributed by atoms with van der Waals surface area (Å²) in [6, 6.07) is 0.473. The highest BCUT2D eigenvalue weighted by Gasteiger charge is 2.28. The summed E-state index contributed by atoms with van der Waals surface area (Å²) in [6.45, 7) is 0. The van der Waals surface area contributed by atoms with Gasteiger partial charge in [0.25, 0.3) is 0 Å². The Balaban J connectivity index is 2.42. The van der Waals surface area contributed by atoms with Crippen molar-refractivity contribution in [3.8, 4) is 5.88 Å². The summed E-state index contributed by atoms with van der Waals surface area (Å²) in [5.74, 6) is -4.64. The highest BCUT2D eigenvalue weighted by atomic mass is 32.2. The van der Waals surface area contributed by atoms with Crippen LogP contribution in [-0.2, 0) is 10.9 Å². The van der Waals surface area contributed by atoms with Gasteiger partial charge in [-0.25, -0.2) is 31.4 Å². The van der Waals surface area contributed by atoms with Crippen LogP contribution in [0.5, 0.6) is 5.88 Å². The molecule has 0 aliphatic carbocycles. The lowest BCUT2D eigenvalue weighted by molar-refractivity contribution is 0.210. The third-order valence-electron chi connectivity index (χ3n) is 2.13. The average Bonchev–Trinajstić information content (AvgIpc) is 2.85. The van der Waals surface area contributed by atoms with Gasteiger partial charge >= 0.3 is 6.09 Å². The maximum absolute atomic E-state index is 13.6. The van der Waals surface area contributed by atoms with Crippen molar-refractivity contribution in [3.63, 3.8) is 0 Å². The lowest BCUT2D eigenvalue weighted by Gasteiger charge is -2.15. The van der Waals surface area contributed by atoms with E-state index >= 15 is 0 Å². The van der Waals surface area contributed by atoms with E-state index in [1.54, 1.807) is 0 Å². The minimum atomic E-state index is -3.77. The van der Waals surface area contributed by atoms with E-state index in [4.69, 9.17) is 0 Å². The van der Waals surface area contributed by atoms with Crippen molar-refractivity contribution in [2.45, 2.75) is 0 Å². The molecule has 112 valence electrons. The fourth-order valence-corrected chi connectivity index (χ4v) is 2.34. The smallest absolute Gasteiger partial charge is 0.389 e. The first kappa shape index (κ1) is 15.3. The average molecular weight is 338 g/mol. The van der Waals surface area contributed by atoms with Gasteiger partial charge in [-0.05, 0) is 0 Å². The Labute approximate surface area is 121 Å². The summed E-state index contributed by atoms with van der Waals surface area (Å²) in [5, 5.41) is 1.27. The van der Waals surface area contributed by atoms with Crippen LogP contribution in [-0.4, -0.2) is 19.5 Å². The maximum atomic E-state index is 13.6. The zero-order chi connectivity index (χ0) is 15.6. The molecule has 0 aliphatic heterocycles. The van der Waals surface area contributed by atoms with E-state index in [0.717, 1.165) is 11.3 Å². The van der Waals surface area contributed by atoms with Gasteiger partial charge in [0.1, 0.15) is 11.5 Å². The number of nitrogens with zero attached hydrogens (tertiary/aromatic N) is 2. The minimum absolute atomic E-state index is 0.236. The molecule has 0 N–H and O–H groups in total. The second-order valence-electron chi connectivity index (χ2n) is 3.46. The van der Waals surface area contributed by atoms with Gasteiger partial charge in [-0.15, -0.1) is 11.3 Å². The molecule has 11 heteroatoms. The minimum Gasteiger partial charge on any atom is -0.389 e. The highest BCUT2D eigenvalue weighted by molar-refractivity contribution is 7.75. The van der Waals surface area contributed by atoms with Crippen molar-refractivity contribution in [2.75, 3.05) is 4.31 Å². The van der Waals surface area contributed by atoms with Crippen molar-refractivity contribution >= 4 is 34.0 Å². The molecule has 1 aromatic carbocycles. The zero-order valence-electron chi connectivity index (χ0n) is 9.83. The second kappa shape index (κ2) is 6.10. The number of hydrogen-bond donors (Lipinski definition) is 1. The molecule has 0 radical (unpaired) electrons. The van der Waals surface area contributed by atoms with Gasteiger partial charge in [0.15, 0.2) is 11.6 Å². The van der Waals surface area contributed by atoms with E-state index < -0.39 is 40.1 Å². The molecule has 0 bridgehead atoms. The van der Waals surface area contributed by atoms with Crippen LogP contribution in [0.2, 0.25) is 0 Å². The number of anilines is 1. The molecule has 0 saturated carbocycles. The van der Waals surface area contributed by atoms with Gasteiger partial charge in [0.05, 0.1) is 10.9 Å². The Morgan fingerprint density at radius 2 is 1.86 bits per heavy atom. The molecule has 1 aromatic heterocycles. The Bertz CT molecular complexity index is 718. The Morgan fingerprint density at radius 3 is 2.33 bits per heavy atom. The van der Waals surface area contributed by atoms with Gasteiger partial charge in [-0.1, -0.05) is 0 Å². The van der Waals surface area contributed by atoms with Gasteiger partial charge in [-0.2, -0.15) is 4.31 Å². The molecule has 0 unspecified atom stereocenters. The van der Waals surface area contributed by atoms with E-state index in [2.05, 4.69) is 9.72 Å². The van der Waals surface area contributed by atoms with Crippen molar-refractivity contribution in [1.29, 1.82) is 0 Å². The van der Waals surface area contributed by atoms with Crippen molar-refractivity contribution in [2.24, 2.45) is 0 Å². The summed E-state index contributed by atoms with van der Waals surface area (Å²) in [7, 11) is -3.77. The number of carbonyl (C=O) groups excluding carboxylic acids is 1. The second-order valence-corrected chi connectivity index (χ2v) is 5.06. The Morgan fingerprint density at radius 1 is 1.24 bits per heavy atom. The van der Waals surface area contributed by atoms with Crippen LogP contribution in [0.4, 0.5) is 23.7 Å². The van der Waals surface area contributed by atoms with E-state index in [9.17, 15) is 26.4 Å². The van der Waals surface area contributed by atoms with Crippen LogP contribution in [0.3, 0.4) is 0 Å². The normalized spacial score (nSPS) is 10.7. The number of amides is 1. The van der Waals surface area contributed by atoms with E-state index in [1.807, 2.05) is 0 Å². The molecule has 0 aliphatic rings. The summed E-state index contributed by atoms with van der Waals surface area (Å²) in [4.78, 5) is 15.3. The Hall–Kier alpha value is -2.14. The molecule has 0 atom stereocenters. The number of carbonyl (C=O) groups is 1. The van der Waals surface area contributed by atoms with Crippen molar-refractivity contribution in [1.82, 2.24) is 4.98 Å². The van der Waals surface area contributed by atoms with E-state index in [0.29, 0.717) is 0 Å². The lowest BCUT2D eigenvalue weighted by atomic mass is 10.3. The molecule has 1 amide bonds. The molecule has 2 rings (SSSR count). The van der Waals surface area contributed by atoms with Crippen molar-refractivity contribution < 1.29 is 31.1 Å². The SMILES string of the molecule is O=C(Oc1cscn1)N(c1c(F)cc(F)cc1F)[SH](=O)=O. The standard InChI is InChI=1S/C10H5F3N2O4S2/c11-5-1-6(12)9(7(13)2-5)15(21(17)18)10(16)19-8-3-20-4-14-8/h1-4,21H.